The third-order valence-electron chi connectivity index (χ3n) is 6.75. The van der Waals surface area contributed by atoms with E-state index in [1.165, 1.54) is 25.3 Å². The fraction of sp³-hybridized carbons (Fsp3) is 0.423. The number of amides is 4. The van der Waals surface area contributed by atoms with Crippen LogP contribution in [0, 0.1) is 5.41 Å². The lowest BCUT2D eigenvalue weighted by Crippen LogP contribution is -2.45. The largest absolute Gasteiger partial charge is 0.370 e. The van der Waals surface area contributed by atoms with Crippen molar-refractivity contribution in [3.63, 3.8) is 0 Å². The SMILES string of the molecule is CNC(=O)[C@H](CCCCNC(=N)N)NC(=O)c1csc([C@@H]2C[C@@H](NC(C)=O)CN2C(=O)c2cn3cc(Cl)ccc3n2)n1. The van der Waals surface area contributed by atoms with E-state index in [2.05, 4.69) is 31.2 Å². The van der Waals surface area contributed by atoms with Gasteiger partial charge in [-0.1, -0.05) is 11.6 Å². The van der Waals surface area contributed by atoms with Gasteiger partial charge in [0.25, 0.3) is 11.8 Å². The lowest BCUT2D eigenvalue weighted by molar-refractivity contribution is -0.122. The van der Waals surface area contributed by atoms with E-state index in [1.807, 2.05) is 0 Å². The topological polar surface area (TPSA) is 200 Å². The van der Waals surface area contributed by atoms with Crippen LogP contribution in [0.15, 0.2) is 29.9 Å². The van der Waals surface area contributed by atoms with Gasteiger partial charge in [-0.05, 0) is 37.8 Å². The number of fused-ring (bicyclic) bond motifs is 1. The number of carbonyl (C=O) groups is 4. The fourth-order valence-corrected chi connectivity index (χ4v) is 5.91. The maximum Gasteiger partial charge on any atom is 0.274 e. The molecule has 7 N–H and O–H groups in total. The highest BCUT2D eigenvalue weighted by atomic mass is 35.5. The number of nitrogens with two attached hydrogens (primary N) is 1. The van der Waals surface area contributed by atoms with Crippen molar-refractivity contribution in [3.05, 3.63) is 51.3 Å². The zero-order valence-corrected chi connectivity index (χ0v) is 24.7. The van der Waals surface area contributed by atoms with Gasteiger partial charge in [0.15, 0.2) is 5.96 Å². The van der Waals surface area contributed by atoms with Gasteiger partial charge in [0.05, 0.1) is 11.1 Å². The van der Waals surface area contributed by atoms with Gasteiger partial charge in [-0.3, -0.25) is 24.6 Å². The van der Waals surface area contributed by atoms with E-state index < -0.39 is 18.0 Å². The maximum atomic E-state index is 13.6. The van der Waals surface area contributed by atoms with Crippen molar-refractivity contribution in [1.82, 2.24) is 40.5 Å². The lowest BCUT2D eigenvalue weighted by atomic mass is 10.1. The molecule has 4 heterocycles. The summed E-state index contributed by atoms with van der Waals surface area (Å²) in [6.07, 6.45) is 5.32. The molecule has 4 rings (SSSR count). The number of hydrogen-bond donors (Lipinski definition) is 6. The molecule has 1 fully saturated rings. The highest BCUT2D eigenvalue weighted by molar-refractivity contribution is 7.09. The number of thiazole rings is 1. The Morgan fingerprint density at radius 3 is 2.69 bits per heavy atom. The van der Waals surface area contributed by atoms with Crippen molar-refractivity contribution >= 4 is 58.2 Å². The number of aromatic nitrogens is 3. The summed E-state index contributed by atoms with van der Waals surface area (Å²) in [5.41, 5.74) is 6.18. The minimum Gasteiger partial charge on any atom is -0.370 e. The van der Waals surface area contributed by atoms with Crippen LogP contribution in [-0.4, -0.2) is 81.1 Å². The predicted octanol–water partition coefficient (Wildman–Crippen LogP) is 1.03. The molecule has 0 bridgehead atoms. The summed E-state index contributed by atoms with van der Waals surface area (Å²) in [7, 11) is 1.49. The summed E-state index contributed by atoms with van der Waals surface area (Å²) < 4.78 is 1.67. The Balaban J connectivity index is 1.49. The number of carbonyl (C=O) groups excluding carboxylic acids is 4. The van der Waals surface area contributed by atoms with E-state index in [4.69, 9.17) is 22.7 Å². The van der Waals surface area contributed by atoms with E-state index in [0.29, 0.717) is 47.9 Å². The Morgan fingerprint density at radius 1 is 1.19 bits per heavy atom. The van der Waals surface area contributed by atoms with Gasteiger partial charge in [0.2, 0.25) is 11.8 Å². The van der Waals surface area contributed by atoms with Crippen molar-refractivity contribution < 1.29 is 19.2 Å². The minimum absolute atomic E-state index is 0.125. The molecule has 3 aromatic rings. The predicted molar refractivity (Wildman–Crippen MR) is 157 cm³/mol. The first-order chi connectivity index (χ1) is 20.0. The van der Waals surface area contributed by atoms with E-state index >= 15 is 0 Å². The smallest absolute Gasteiger partial charge is 0.274 e. The van der Waals surface area contributed by atoms with Crippen LogP contribution in [-0.2, 0) is 9.59 Å². The van der Waals surface area contributed by atoms with Crippen LogP contribution >= 0.6 is 22.9 Å². The zero-order valence-electron chi connectivity index (χ0n) is 23.1. The molecule has 0 spiro atoms. The molecule has 16 heteroatoms. The van der Waals surface area contributed by atoms with Gasteiger partial charge in [-0.15, -0.1) is 11.3 Å². The first kappa shape index (κ1) is 30.7. The molecule has 1 aliphatic heterocycles. The van der Waals surface area contributed by atoms with Crippen LogP contribution in [0.3, 0.4) is 0 Å². The number of imidazole rings is 1. The molecule has 3 atom stereocenters. The standard InChI is InChI=1S/C26H33ClN10O4S/c1-14(38)32-16-9-20(37(11-16)25(41)18-12-36-10-15(27)6-7-21(36)33-18)24-35-19(13-42-24)23(40)34-17(22(39)30-2)5-3-4-8-31-26(28)29/h6-7,10,12-13,16-17,20H,3-5,8-9,11H2,1-2H3,(H,30,39)(H,32,38)(H,34,40)(H4,28,29,31)/t16-,17+,20+/m1/s1. The first-order valence-corrected chi connectivity index (χ1v) is 14.6. The highest BCUT2D eigenvalue weighted by Gasteiger charge is 2.39. The lowest BCUT2D eigenvalue weighted by Gasteiger charge is -2.22. The maximum absolute atomic E-state index is 13.6. The molecule has 0 unspecified atom stereocenters. The minimum atomic E-state index is -0.776. The van der Waals surface area contributed by atoms with Crippen LogP contribution in [0.5, 0.6) is 0 Å². The molecule has 0 radical (unpaired) electrons. The van der Waals surface area contributed by atoms with E-state index in [-0.39, 0.29) is 47.7 Å². The Hall–Kier alpha value is -4.24. The van der Waals surface area contributed by atoms with Crippen LogP contribution in [0.2, 0.25) is 5.02 Å². The third kappa shape index (κ3) is 7.53. The Labute approximate surface area is 250 Å². The second kappa shape index (κ2) is 13.6. The number of unbranched alkanes of at least 4 members (excludes halogenated alkanes) is 1. The quantitative estimate of drug-likeness (QED) is 0.104. The van der Waals surface area contributed by atoms with Gasteiger partial charge in [-0.2, -0.15) is 0 Å². The summed E-state index contributed by atoms with van der Waals surface area (Å²) in [5, 5.41) is 20.7. The third-order valence-corrected chi connectivity index (χ3v) is 7.92. The second-order valence-electron chi connectivity index (χ2n) is 9.89. The van der Waals surface area contributed by atoms with E-state index in [0.717, 1.165) is 0 Å². The molecule has 42 heavy (non-hydrogen) atoms. The number of nitrogens with one attached hydrogen (secondary N) is 5. The Bertz CT molecular complexity index is 1490. The van der Waals surface area contributed by atoms with Crippen molar-refractivity contribution in [1.29, 1.82) is 5.41 Å². The Kier molecular flexibility index (Phi) is 9.96. The molecule has 1 aliphatic rings. The van der Waals surface area contributed by atoms with E-state index in [9.17, 15) is 19.2 Å². The number of pyridine rings is 1. The zero-order chi connectivity index (χ0) is 30.4. The molecule has 0 aliphatic carbocycles. The molecular formula is C26H33ClN10O4S. The molecule has 0 aromatic carbocycles. The molecule has 14 nitrogen and oxygen atoms in total. The van der Waals surface area contributed by atoms with Crippen LogP contribution in [0.4, 0.5) is 0 Å². The molecular weight excluding hydrogens is 584 g/mol. The van der Waals surface area contributed by atoms with E-state index in [1.54, 1.807) is 39.2 Å². The van der Waals surface area contributed by atoms with Gasteiger partial charge < -0.3 is 36.3 Å². The number of hydrogen-bond acceptors (Lipinski definition) is 8. The number of rotatable bonds is 11. The molecule has 4 amide bonds. The fourth-order valence-electron chi connectivity index (χ4n) is 4.82. The number of likely N-dealkylation sites (N-methyl/N-ethyl adjacent to an activating group) is 1. The second-order valence-corrected chi connectivity index (χ2v) is 11.2. The molecule has 224 valence electrons. The van der Waals surface area contributed by atoms with Crippen molar-refractivity contribution in [3.8, 4) is 0 Å². The average Bonchev–Trinajstić information content (AvgIpc) is 3.68. The monoisotopic (exact) mass is 616 g/mol. The number of likely N-dealkylation sites (tertiary alicyclic amines) is 1. The summed E-state index contributed by atoms with van der Waals surface area (Å²) in [6.45, 7) is 2.15. The van der Waals surface area contributed by atoms with Gasteiger partial charge >= 0.3 is 0 Å². The summed E-state index contributed by atoms with van der Waals surface area (Å²) in [5.74, 6) is -1.53. The molecule has 0 saturated carbocycles. The van der Waals surface area contributed by atoms with Crippen LogP contribution in [0.25, 0.3) is 5.65 Å². The van der Waals surface area contributed by atoms with Gasteiger partial charge in [0, 0.05) is 50.9 Å². The molecule has 3 aromatic heterocycles. The summed E-state index contributed by atoms with van der Waals surface area (Å²) in [4.78, 5) is 61.5. The highest BCUT2D eigenvalue weighted by Crippen LogP contribution is 2.35. The van der Waals surface area contributed by atoms with Crippen molar-refractivity contribution in [2.45, 2.75) is 50.7 Å². The summed E-state index contributed by atoms with van der Waals surface area (Å²) in [6, 6.07) is 1.81. The number of nitrogens with zero attached hydrogens (tertiary/aromatic N) is 4. The Morgan fingerprint density at radius 2 is 1.98 bits per heavy atom. The summed E-state index contributed by atoms with van der Waals surface area (Å²) >= 11 is 7.30. The van der Waals surface area contributed by atoms with Crippen LogP contribution in [0.1, 0.15) is 64.6 Å². The first-order valence-electron chi connectivity index (χ1n) is 13.3. The van der Waals surface area contributed by atoms with Gasteiger partial charge in [-0.25, -0.2) is 9.97 Å². The molecule has 1 saturated heterocycles. The number of guanidine groups is 1. The van der Waals surface area contributed by atoms with Gasteiger partial charge in [0.1, 0.15) is 28.1 Å². The average molecular weight is 617 g/mol. The number of halogens is 1. The van der Waals surface area contributed by atoms with Crippen LogP contribution < -0.4 is 27.0 Å². The normalized spacial score (nSPS) is 17.1. The van der Waals surface area contributed by atoms with Crippen molar-refractivity contribution in [2.75, 3.05) is 20.1 Å². The van der Waals surface area contributed by atoms with Crippen molar-refractivity contribution in [2.24, 2.45) is 5.73 Å².